The zero-order chi connectivity index (χ0) is 17.6. The number of hydrogen-bond donors (Lipinski definition) is 2. The minimum Gasteiger partial charge on any atom is -0.439 e. The number of hydrogen-bond acceptors (Lipinski definition) is 5. The average Bonchev–Trinajstić information content (AvgIpc) is 3.08. The number of halogens is 1. The van der Waals surface area contributed by atoms with Gasteiger partial charge in [0.05, 0.1) is 18.5 Å². The number of nitrogens with zero attached hydrogens (tertiary/aromatic N) is 1. The maximum Gasteiger partial charge on any atom is 0.227 e. The molecular weight excluding hydrogens is 358 g/mol. The van der Waals surface area contributed by atoms with Gasteiger partial charge in [-0.2, -0.15) is 0 Å². The molecule has 3 aromatic rings. The van der Waals surface area contributed by atoms with Crippen LogP contribution in [0.25, 0.3) is 11.3 Å². The lowest BCUT2D eigenvalue weighted by atomic mass is 10.2. The summed E-state index contributed by atoms with van der Waals surface area (Å²) < 4.78 is 5.77. The molecule has 0 aliphatic rings. The van der Waals surface area contributed by atoms with Crippen molar-refractivity contribution in [1.29, 1.82) is 0 Å². The third-order valence-electron chi connectivity index (χ3n) is 3.35. The summed E-state index contributed by atoms with van der Waals surface area (Å²) in [5, 5.41) is 3.92. The molecule has 7 heteroatoms. The van der Waals surface area contributed by atoms with E-state index in [9.17, 15) is 4.79 Å². The van der Waals surface area contributed by atoms with Crippen molar-refractivity contribution in [2.24, 2.45) is 5.73 Å². The molecule has 1 aromatic heterocycles. The molecule has 0 spiro atoms. The number of nitrogens with two attached hydrogens (primary N) is 1. The van der Waals surface area contributed by atoms with E-state index in [-0.39, 0.29) is 11.7 Å². The molecule has 0 aliphatic carbocycles. The Morgan fingerprint density at radius 3 is 2.88 bits per heavy atom. The van der Waals surface area contributed by atoms with Gasteiger partial charge in [-0.05, 0) is 24.3 Å². The third kappa shape index (κ3) is 4.78. The number of oxazole rings is 1. The number of benzene rings is 2. The highest BCUT2D eigenvalue weighted by Crippen LogP contribution is 2.28. The number of primary amides is 1. The van der Waals surface area contributed by atoms with E-state index < -0.39 is 0 Å². The van der Waals surface area contributed by atoms with Crippen LogP contribution in [0.3, 0.4) is 0 Å². The van der Waals surface area contributed by atoms with Crippen LogP contribution in [0.2, 0.25) is 5.02 Å². The maximum absolute atomic E-state index is 11.0. The topological polar surface area (TPSA) is 81.2 Å². The van der Waals surface area contributed by atoms with Crippen molar-refractivity contribution in [1.82, 2.24) is 4.98 Å². The van der Waals surface area contributed by atoms with Crippen LogP contribution in [-0.4, -0.2) is 16.6 Å². The van der Waals surface area contributed by atoms with Gasteiger partial charge in [0, 0.05) is 21.2 Å². The van der Waals surface area contributed by atoms with E-state index >= 15 is 0 Å². The number of nitrogens with one attached hydrogen (secondary N) is 1. The molecule has 3 rings (SSSR count). The zero-order valence-electron chi connectivity index (χ0n) is 13.2. The van der Waals surface area contributed by atoms with Crippen molar-refractivity contribution in [3.63, 3.8) is 0 Å². The van der Waals surface area contributed by atoms with Gasteiger partial charge in [0.15, 0.2) is 5.76 Å². The van der Waals surface area contributed by atoms with Gasteiger partial charge in [-0.25, -0.2) is 4.98 Å². The predicted molar refractivity (Wildman–Crippen MR) is 101 cm³/mol. The molecule has 0 saturated carbocycles. The van der Waals surface area contributed by atoms with Crippen molar-refractivity contribution in [2.75, 3.05) is 11.1 Å². The Kier molecular flexibility index (Phi) is 5.63. The Hall–Kier alpha value is -2.44. The van der Waals surface area contributed by atoms with Gasteiger partial charge >= 0.3 is 0 Å². The summed E-state index contributed by atoms with van der Waals surface area (Å²) in [6.07, 6.45) is 1.68. The summed E-state index contributed by atoms with van der Waals surface area (Å²) in [7, 11) is 0. The van der Waals surface area contributed by atoms with Gasteiger partial charge < -0.3 is 15.5 Å². The van der Waals surface area contributed by atoms with E-state index in [1.165, 1.54) is 11.8 Å². The third-order valence-corrected chi connectivity index (χ3v) is 4.68. The quantitative estimate of drug-likeness (QED) is 0.607. The van der Waals surface area contributed by atoms with E-state index in [1.807, 2.05) is 48.5 Å². The van der Waals surface area contributed by atoms with Crippen LogP contribution in [-0.2, 0) is 11.3 Å². The number of para-hydroxylation sites is 1. The number of carbonyl (C=O) groups is 1. The number of thioether (sulfide) groups is 1. The molecule has 0 fully saturated rings. The monoisotopic (exact) mass is 373 g/mol. The van der Waals surface area contributed by atoms with Gasteiger partial charge in [-0.15, -0.1) is 11.8 Å². The maximum atomic E-state index is 11.0. The smallest absolute Gasteiger partial charge is 0.227 e. The Labute approximate surface area is 154 Å². The summed E-state index contributed by atoms with van der Waals surface area (Å²) in [4.78, 5) is 16.2. The molecule has 0 radical (unpaired) electrons. The van der Waals surface area contributed by atoms with Crippen LogP contribution in [0, 0.1) is 0 Å². The van der Waals surface area contributed by atoms with Crippen LogP contribution in [0.1, 0.15) is 5.89 Å². The molecule has 0 atom stereocenters. The molecule has 1 heterocycles. The molecule has 0 bridgehead atoms. The molecule has 3 N–H and O–H groups in total. The molecule has 128 valence electrons. The number of carbonyl (C=O) groups excluding carboxylic acids is 1. The number of anilines is 1. The van der Waals surface area contributed by atoms with Crippen LogP contribution in [0.15, 0.2) is 64.0 Å². The number of amides is 1. The van der Waals surface area contributed by atoms with Crippen molar-refractivity contribution in [3.05, 3.63) is 65.6 Å². The number of aromatic nitrogens is 1. The molecule has 2 aromatic carbocycles. The van der Waals surface area contributed by atoms with Crippen molar-refractivity contribution >= 4 is 35.0 Å². The standard InChI is InChI=1S/C18H16ClN3O2S/c19-13-5-3-4-12(8-13)15-9-22-18(24-15)10-21-14-6-1-2-7-16(14)25-11-17(20)23/h1-9,21H,10-11H2,(H2,20,23). The van der Waals surface area contributed by atoms with E-state index in [2.05, 4.69) is 10.3 Å². The summed E-state index contributed by atoms with van der Waals surface area (Å²) in [5.41, 5.74) is 6.99. The van der Waals surface area contributed by atoms with E-state index in [0.717, 1.165) is 16.1 Å². The first-order chi connectivity index (χ1) is 12.1. The molecule has 5 nitrogen and oxygen atoms in total. The average molecular weight is 374 g/mol. The highest BCUT2D eigenvalue weighted by Gasteiger charge is 2.09. The summed E-state index contributed by atoms with van der Waals surface area (Å²) in [6.45, 7) is 0.425. The van der Waals surface area contributed by atoms with Gasteiger partial charge in [-0.1, -0.05) is 35.9 Å². The molecule has 0 saturated heterocycles. The first-order valence-electron chi connectivity index (χ1n) is 7.56. The summed E-state index contributed by atoms with van der Waals surface area (Å²) >= 11 is 7.39. The van der Waals surface area contributed by atoms with Crippen molar-refractivity contribution in [3.8, 4) is 11.3 Å². The highest BCUT2D eigenvalue weighted by atomic mass is 35.5. The fraction of sp³-hybridized carbons (Fsp3) is 0.111. The second-order valence-corrected chi connectivity index (χ2v) is 6.69. The van der Waals surface area contributed by atoms with Crippen molar-refractivity contribution < 1.29 is 9.21 Å². The van der Waals surface area contributed by atoms with E-state index in [0.29, 0.717) is 23.2 Å². The molecule has 0 aliphatic heterocycles. The minimum absolute atomic E-state index is 0.233. The van der Waals surface area contributed by atoms with E-state index in [1.54, 1.807) is 6.20 Å². The van der Waals surface area contributed by atoms with Crippen molar-refractivity contribution in [2.45, 2.75) is 11.4 Å². The normalized spacial score (nSPS) is 10.6. The van der Waals surface area contributed by atoms with Crippen LogP contribution in [0.5, 0.6) is 0 Å². The van der Waals surface area contributed by atoms with Gasteiger partial charge in [0.25, 0.3) is 0 Å². The molecule has 25 heavy (non-hydrogen) atoms. The molecular formula is C18H16ClN3O2S. The van der Waals surface area contributed by atoms with Gasteiger partial charge in [0.1, 0.15) is 0 Å². The molecule has 1 amide bonds. The van der Waals surface area contributed by atoms with Crippen LogP contribution < -0.4 is 11.1 Å². The Bertz CT molecular complexity index is 882. The first kappa shape index (κ1) is 17.4. The van der Waals surface area contributed by atoms with Crippen LogP contribution >= 0.6 is 23.4 Å². The Morgan fingerprint density at radius 1 is 1.24 bits per heavy atom. The fourth-order valence-corrected chi connectivity index (χ4v) is 3.18. The van der Waals surface area contributed by atoms with Gasteiger partial charge in [0.2, 0.25) is 11.8 Å². The van der Waals surface area contributed by atoms with Crippen LogP contribution in [0.4, 0.5) is 5.69 Å². The molecule has 0 unspecified atom stereocenters. The Morgan fingerprint density at radius 2 is 2.08 bits per heavy atom. The second kappa shape index (κ2) is 8.09. The number of rotatable bonds is 7. The SMILES string of the molecule is NC(=O)CSc1ccccc1NCc1ncc(-c2cccc(Cl)c2)o1. The second-order valence-electron chi connectivity index (χ2n) is 5.23. The van der Waals surface area contributed by atoms with E-state index in [4.69, 9.17) is 21.8 Å². The largest absolute Gasteiger partial charge is 0.439 e. The lowest BCUT2D eigenvalue weighted by molar-refractivity contribution is -0.115. The lowest BCUT2D eigenvalue weighted by Crippen LogP contribution is -2.13. The highest BCUT2D eigenvalue weighted by molar-refractivity contribution is 8.00. The summed E-state index contributed by atoms with van der Waals surface area (Å²) in [5.74, 6) is 1.11. The summed E-state index contributed by atoms with van der Waals surface area (Å²) in [6, 6.07) is 15.1. The fourth-order valence-electron chi connectivity index (χ4n) is 2.23. The Balaban J connectivity index is 1.68. The lowest BCUT2D eigenvalue weighted by Gasteiger charge is -2.09. The minimum atomic E-state index is -0.348. The van der Waals surface area contributed by atoms with Gasteiger partial charge in [-0.3, -0.25) is 4.79 Å². The predicted octanol–water partition coefficient (Wildman–Crippen LogP) is 4.18. The first-order valence-corrected chi connectivity index (χ1v) is 8.93. The zero-order valence-corrected chi connectivity index (χ0v) is 14.8.